The number of aliphatic hydroxyl groups is 2. The van der Waals surface area contributed by atoms with Crippen LogP contribution in [0.4, 0.5) is 0 Å². The highest BCUT2D eigenvalue weighted by molar-refractivity contribution is 5.10. The summed E-state index contributed by atoms with van der Waals surface area (Å²) in [4.78, 5) is 0. The van der Waals surface area contributed by atoms with Gasteiger partial charge in [-0.25, -0.2) is 0 Å². The second-order valence-corrected chi connectivity index (χ2v) is 4.30. The van der Waals surface area contributed by atoms with Gasteiger partial charge >= 0.3 is 0 Å². The molecule has 0 saturated heterocycles. The molecule has 0 aliphatic rings. The van der Waals surface area contributed by atoms with E-state index in [-0.39, 0.29) is 0 Å². The van der Waals surface area contributed by atoms with Crippen molar-refractivity contribution in [1.29, 1.82) is 0 Å². The Balaban J connectivity index is 3.12. The van der Waals surface area contributed by atoms with E-state index in [0.29, 0.717) is 6.61 Å². The third-order valence-corrected chi connectivity index (χ3v) is 2.68. The van der Waals surface area contributed by atoms with Crippen molar-refractivity contribution in [2.45, 2.75) is 63.9 Å². The fourth-order valence-electron chi connectivity index (χ4n) is 1.62. The average molecular weight is 238 g/mol. The summed E-state index contributed by atoms with van der Waals surface area (Å²) < 4.78 is 0. The van der Waals surface area contributed by atoms with Crippen LogP contribution in [0, 0.1) is 11.8 Å². The lowest BCUT2D eigenvalue weighted by atomic mass is 10.1. The van der Waals surface area contributed by atoms with Gasteiger partial charge in [0.15, 0.2) is 0 Å². The van der Waals surface area contributed by atoms with Crippen molar-refractivity contribution in [3.8, 4) is 11.8 Å². The highest BCUT2D eigenvalue weighted by Gasteiger charge is 1.91. The van der Waals surface area contributed by atoms with E-state index in [1.165, 1.54) is 38.2 Å². The van der Waals surface area contributed by atoms with Gasteiger partial charge in [-0.15, -0.1) is 5.92 Å². The zero-order valence-corrected chi connectivity index (χ0v) is 10.8. The van der Waals surface area contributed by atoms with E-state index in [9.17, 15) is 0 Å². The maximum absolute atomic E-state index is 9.09. The average Bonchev–Trinajstić information content (AvgIpc) is 2.35. The highest BCUT2D eigenvalue weighted by atomic mass is 16.3. The van der Waals surface area contributed by atoms with Crippen LogP contribution in [0.1, 0.15) is 57.8 Å². The zero-order valence-electron chi connectivity index (χ0n) is 10.8. The minimum atomic E-state index is -0.665. The standard InChI is InChI=1S/C15H26O2/c1-2-15(17)13-11-9-7-5-3-4-6-8-10-12-14-16/h2,15-17H,1,3-10,12,14H2. The molecular weight excluding hydrogens is 212 g/mol. The van der Waals surface area contributed by atoms with Gasteiger partial charge in [-0.05, 0) is 12.8 Å². The maximum atomic E-state index is 9.09. The second kappa shape index (κ2) is 13.3. The van der Waals surface area contributed by atoms with Crippen molar-refractivity contribution in [3.05, 3.63) is 12.7 Å². The Bertz CT molecular complexity index is 225. The molecule has 0 aromatic rings. The Morgan fingerprint density at radius 1 is 0.941 bits per heavy atom. The Hall–Kier alpha value is -0.780. The van der Waals surface area contributed by atoms with E-state index in [1.807, 2.05) is 0 Å². The normalized spacial score (nSPS) is 11.6. The molecule has 0 spiro atoms. The van der Waals surface area contributed by atoms with Gasteiger partial charge < -0.3 is 10.2 Å². The summed E-state index contributed by atoms with van der Waals surface area (Å²) in [7, 11) is 0. The van der Waals surface area contributed by atoms with E-state index >= 15 is 0 Å². The molecule has 2 nitrogen and oxygen atoms in total. The fourth-order valence-corrected chi connectivity index (χ4v) is 1.62. The first kappa shape index (κ1) is 16.2. The lowest BCUT2D eigenvalue weighted by Crippen LogP contribution is -1.94. The minimum absolute atomic E-state index is 0.329. The second-order valence-electron chi connectivity index (χ2n) is 4.30. The van der Waals surface area contributed by atoms with Gasteiger partial charge in [0.25, 0.3) is 0 Å². The summed E-state index contributed by atoms with van der Waals surface area (Å²) in [6.45, 7) is 3.79. The largest absolute Gasteiger partial charge is 0.396 e. The molecule has 0 aromatic heterocycles. The number of rotatable bonds is 10. The molecule has 0 radical (unpaired) electrons. The quantitative estimate of drug-likeness (QED) is 0.349. The molecule has 0 fully saturated rings. The maximum Gasteiger partial charge on any atom is 0.133 e. The topological polar surface area (TPSA) is 40.5 Å². The molecule has 98 valence electrons. The van der Waals surface area contributed by atoms with Crippen LogP contribution in [-0.2, 0) is 0 Å². The molecule has 1 unspecified atom stereocenters. The molecule has 0 aliphatic carbocycles. The van der Waals surface area contributed by atoms with Crippen molar-refractivity contribution in [2.24, 2.45) is 0 Å². The van der Waals surface area contributed by atoms with Gasteiger partial charge in [0, 0.05) is 13.0 Å². The Kier molecular flexibility index (Phi) is 12.7. The summed E-state index contributed by atoms with van der Waals surface area (Å²) >= 11 is 0. The molecule has 1 atom stereocenters. The number of hydrogen-bond donors (Lipinski definition) is 2. The Morgan fingerprint density at radius 3 is 2.00 bits per heavy atom. The molecule has 0 aromatic carbocycles. The number of aliphatic hydroxyl groups excluding tert-OH is 2. The Morgan fingerprint density at radius 2 is 1.47 bits per heavy atom. The SMILES string of the molecule is C=CC(O)C#CCCCCCCCCCCO. The molecule has 0 saturated carbocycles. The molecule has 0 amide bonds. The van der Waals surface area contributed by atoms with Gasteiger partial charge in [0.05, 0.1) is 0 Å². The minimum Gasteiger partial charge on any atom is -0.396 e. The van der Waals surface area contributed by atoms with Crippen molar-refractivity contribution < 1.29 is 10.2 Å². The van der Waals surface area contributed by atoms with Gasteiger partial charge in [-0.3, -0.25) is 0 Å². The molecular formula is C15H26O2. The van der Waals surface area contributed by atoms with Crippen LogP contribution in [0.5, 0.6) is 0 Å². The molecule has 2 heteroatoms. The van der Waals surface area contributed by atoms with Gasteiger partial charge in [-0.2, -0.15) is 0 Å². The number of unbranched alkanes of at least 4 members (excludes halogenated alkanes) is 8. The summed E-state index contributed by atoms with van der Waals surface area (Å²) in [5, 5.41) is 17.7. The van der Waals surface area contributed by atoms with Gasteiger partial charge in [-0.1, -0.05) is 57.1 Å². The van der Waals surface area contributed by atoms with E-state index in [1.54, 1.807) is 0 Å². The predicted octanol–water partition coefficient (Wildman–Crippen LogP) is 3.04. The molecule has 2 N–H and O–H groups in total. The van der Waals surface area contributed by atoms with Crippen LogP contribution in [0.2, 0.25) is 0 Å². The predicted molar refractivity (Wildman–Crippen MR) is 72.6 cm³/mol. The van der Waals surface area contributed by atoms with Crippen molar-refractivity contribution >= 4 is 0 Å². The van der Waals surface area contributed by atoms with Crippen LogP contribution in [0.15, 0.2) is 12.7 Å². The molecule has 0 rings (SSSR count). The molecule has 0 heterocycles. The van der Waals surface area contributed by atoms with Crippen LogP contribution in [-0.4, -0.2) is 22.9 Å². The fraction of sp³-hybridized carbons (Fsp3) is 0.733. The van der Waals surface area contributed by atoms with Crippen LogP contribution in [0.3, 0.4) is 0 Å². The monoisotopic (exact) mass is 238 g/mol. The Labute approximate surface area is 106 Å². The summed E-state index contributed by atoms with van der Waals surface area (Å²) in [5.41, 5.74) is 0. The lowest BCUT2D eigenvalue weighted by molar-refractivity contribution is 0.281. The number of hydrogen-bond acceptors (Lipinski definition) is 2. The first-order valence-electron chi connectivity index (χ1n) is 6.71. The van der Waals surface area contributed by atoms with E-state index in [4.69, 9.17) is 10.2 Å². The third-order valence-electron chi connectivity index (χ3n) is 2.68. The van der Waals surface area contributed by atoms with Crippen molar-refractivity contribution in [3.63, 3.8) is 0 Å². The summed E-state index contributed by atoms with van der Waals surface area (Å²) in [6, 6.07) is 0. The van der Waals surface area contributed by atoms with Crippen molar-refractivity contribution in [1.82, 2.24) is 0 Å². The van der Waals surface area contributed by atoms with Crippen LogP contribution in [0.25, 0.3) is 0 Å². The van der Waals surface area contributed by atoms with Gasteiger partial charge in [0.2, 0.25) is 0 Å². The van der Waals surface area contributed by atoms with Crippen molar-refractivity contribution in [2.75, 3.05) is 6.61 Å². The highest BCUT2D eigenvalue weighted by Crippen LogP contribution is 2.09. The van der Waals surface area contributed by atoms with E-state index < -0.39 is 6.10 Å². The molecule has 17 heavy (non-hydrogen) atoms. The third kappa shape index (κ3) is 13.2. The molecule has 0 bridgehead atoms. The molecule has 0 aliphatic heterocycles. The first-order valence-corrected chi connectivity index (χ1v) is 6.71. The lowest BCUT2D eigenvalue weighted by Gasteiger charge is -2.00. The van der Waals surface area contributed by atoms with Crippen LogP contribution < -0.4 is 0 Å². The van der Waals surface area contributed by atoms with Gasteiger partial charge in [0.1, 0.15) is 6.10 Å². The summed E-state index contributed by atoms with van der Waals surface area (Å²) in [6.07, 6.45) is 11.2. The smallest absolute Gasteiger partial charge is 0.133 e. The van der Waals surface area contributed by atoms with E-state index in [0.717, 1.165) is 25.7 Å². The first-order chi connectivity index (χ1) is 8.31. The summed E-state index contributed by atoms with van der Waals surface area (Å²) in [5.74, 6) is 5.68. The zero-order chi connectivity index (χ0) is 12.8. The van der Waals surface area contributed by atoms with Crippen LogP contribution >= 0.6 is 0 Å². The van der Waals surface area contributed by atoms with E-state index in [2.05, 4.69) is 18.4 Å².